The van der Waals surface area contributed by atoms with E-state index in [2.05, 4.69) is 13.8 Å². The molecule has 110 valence electrons. The Kier molecular flexibility index (Phi) is 22.5. The Morgan fingerprint density at radius 2 is 1.17 bits per heavy atom. The van der Waals surface area contributed by atoms with Gasteiger partial charge in [0.2, 0.25) is 0 Å². The van der Waals surface area contributed by atoms with E-state index in [1.54, 1.807) is 0 Å². The number of carboxylic acids is 2. The number of hydrogen-bond donors (Lipinski definition) is 2. The van der Waals surface area contributed by atoms with Crippen molar-refractivity contribution in [1.82, 2.24) is 0 Å². The molecule has 4 heteroatoms. The maximum absolute atomic E-state index is 10.2. The number of hydrogen-bond acceptors (Lipinski definition) is 2. The lowest BCUT2D eigenvalue weighted by Gasteiger charge is -2.02. The van der Waals surface area contributed by atoms with E-state index in [1.165, 1.54) is 25.7 Å². The molecule has 0 aromatic carbocycles. The third kappa shape index (κ3) is 29.4. The lowest BCUT2D eigenvalue weighted by molar-refractivity contribution is -0.142. The minimum Gasteiger partial charge on any atom is -0.481 e. The van der Waals surface area contributed by atoms with Crippen LogP contribution in [0.2, 0.25) is 0 Å². The number of rotatable bonds is 6. The van der Waals surface area contributed by atoms with Crippen molar-refractivity contribution in [3.8, 4) is 0 Å². The average molecular weight is 262 g/mol. The van der Waals surface area contributed by atoms with Gasteiger partial charge in [-0.3, -0.25) is 9.59 Å². The van der Waals surface area contributed by atoms with E-state index < -0.39 is 11.9 Å². The van der Waals surface area contributed by atoms with Crippen LogP contribution in [-0.4, -0.2) is 22.2 Å². The van der Waals surface area contributed by atoms with Crippen LogP contribution in [0.25, 0.3) is 0 Å². The predicted octanol–water partition coefficient (Wildman–Crippen LogP) is 4.18. The van der Waals surface area contributed by atoms with Gasteiger partial charge in [0.1, 0.15) is 0 Å². The molecule has 0 unspecified atom stereocenters. The monoisotopic (exact) mass is 262 g/mol. The Morgan fingerprint density at radius 3 is 1.22 bits per heavy atom. The van der Waals surface area contributed by atoms with Crippen molar-refractivity contribution in [2.75, 3.05) is 0 Å². The Morgan fingerprint density at radius 1 is 0.889 bits per heavy atom. The highest BCUT2D eigenvalue weighted by Crippen LogP contribution is 2.05. The van der Waals surface area contributed by atoms with Gasteiger partial charge in [0.05, 0.1) is 5.92 Å². The van der Waals surface area contributed by atoms with Crippen LogP contribution in [0, 0.1) is 5.92 Å². The van der Waals surface area contributed by atoms with E-state index >= 15 is 0 Å². The highest BCUT2D eigenvalue weighted by atomic mass is 16.4. The second-order valence-corrected chi connectivity index (χ2v) is 4.08. The Hall–Kier alpha value is -1.06. The first-order valence-corrected chi connectivity index (χ1v) is 6.79. The molecule has 0 heterocycles. The molecule has 0 bridgehead atoms. The van der Waals surface area contributed by atoms with Crippen molar-refractivity contribution in [2.24, 2.45) is 5.92 Å². The zero-order chi connectivity index (χ0) is 15.0. The summed E-state index contributed by atoms with van der Waals surface area (Å²) in [6.45, 7) is 9.33. The lowest BCUT2D eigenvalue weighted by Crippen LogP contribution is -2.10. The summed E-state index contributed by atoms with van der Waals surface area (Å²) in [4.78, 5) is 19.2. The second-order valence-electron chi connectivity index (χ2n) is 4.08. The molecule has 0 aromatic rings. The van der Waals surface area contributed by atoms with Gasteiger partial charge in [-0.15, -0.1) is 0 Å². The molecule has 0 aliphatic rings. The third-order valence-electron chi connectivity index (χ3n) is 2.29. The maximum atomic E-state index is 10.2. The first kappa shape index (κ1) is 22.1. The smallest absolute Gasteiger partial charge is 0.306 e. The molecule has 0 aliphatic carbocycles. The van der Waals surface area contributed by atoms with Gasteiger partial charge in [-0.2, -0.15) is 0 Å². The summed E-state index contributed by atoms with van der Waals surface area (Å²) in [5.74, 6) is -1.63. The zero-order valence-electron chi connectivity index (χ0n) is 12.5. The van der Waals surface area contributed by atoms with Crippen molar-refractivity contribution in [1.29, 1.82) is 0 Å². The lowest BCUT2D eigenvalue weighted by atomic mass is 10.1. The molecule has 0 saturated heterocycles. The molecule has 0 fully saturated rings. The minimum atomic E-state index is -0.833. The second kappa shape index (κ2) is 18.3. The van der Waals surface area contributed by atoms with Gasteiger partial charge in [0.15, 0.2) is 0 Å². The Balaban J connectivity index is -0.000000200. The van der Waals surface area contributed by atoms with Crippen LogP contribution in [0.5, 0.6) is 0 Å². The molecular formula is C14H30O4. The maximum Gasteiger partial charge on any atom is 0.306 e. The molecule has 0 radical (unpaired) electrons. The van der Waals surface area contributed by atoms with Crippen LogP contribution in [-0.2, 0) is 9.59 Å². The molecule has 0 saturated carbocycles. The van der Waals surface area contributed by atoms with E-state index in [4.69, 9.17) is 15.0 Å². The van der Waals surface area contributed by atoms with Gasteiger partial charge in [0, 0.05) is 6.92 Å². The van der Waals surface area contributed by atoms with Crippen molar-refractivity contribution >= 4 is 11.9 Å². The van der Waals surface area contributed by atoms with Crippen molar-refractivity contribution in [3.63, 3.8) is 0 Å². The molecule has 0 rings (SSSR count). The van der Waals surface area contributed by atoms with Crippen molar-refractivity contribution in [2.45, 2.75) is 73.1 Å². The molecule has 0 aliphatic heterocycles. The number of unbranched alkanes of at least 4 members (excludes halogenated alkanes) is 3. The summed E-state index contributed by atoms with van der Waals surface area (Å²) in [5, 5.41) is 15.8. The van der Waals surface area contributed by atoms with E-state index in [9.17, 15) is 4.79 Å². The summed E-state index contributed by atoms with van der Waals surface area (Å²) in [7, 11) is 0. The minimum absolute atomic E-state index is 0.130. The molecule has 0 atom stereocenters. The fraction of sp³-hybridized carbons (Fsp3) is 0.857. The van der Waals surface area contributed by atoms with E-state index in [-0.39, 0.29) is 5.92 Å². The molecular weight excluding hydrogens is 232 g/mol. The average Bonchev–Trinajstić information content (AvgIpc) is 2.27. The largest absolute Gasteiger partial charge is 0.481 e. The van der Waals surface area contributed by atoms with Crippen LogP contribution >= 0.6 is 0 Å². The van der Waals surface area contributed by atoms with Gasteiger partial charge in [-0.25, -0.2) is 0 Å². The Bertz CT molecular complexity index is 178. The Labute approximate surface area is 111 Å². The molecule has 0 aromatic heterocycles. The third-order valence-corrected chi connectivity index (χ3v) is 2.29. The van der Waals surface area contributed by atoms with Gasteiger partial charge >= 0.3 is 5.97 Å². The van der Waals surface area contributed by atoms with Crippen molar-refractivity contribution in [3.05, 3.63) is 0 Å². The number of carbonyl (C=O) groups is 2. The summed E-state index contributed by atoms with van der Waals surface area (Å²) < 4.78 is 0. The summed E-state index contributed by atoms with van der Waals surface area (Å²) >= 11 is 0. The van der Waals surface area contributed by atoms with Crippen molar-refractivity contribution < 1.29 is 19.8 Å². The number of carboxylic acid groups (broad SMARTS) is 2. The molecule has 2 N–H and O–H groups in total. The fourth-order valence-electron chi connectivity index (χ4n) is 1.14. The van der Waals surface area contributed by atoms with Crippen LogP contribution in [0.3, 0.4) is 0 Å². The first-order valence-electron chi connectivity index (χ1n) is 6.79. The number of aliphatic carboxylic acids is 2. The highest BCUT2D eigenvalue weighted by molar-refractivity contribution is 5.69. The van der Waals surface area contributed by atoms with Crippen LogP contribution in [0.4, 0.5) is 0 Å². The van der Waals surface area contributed by atoms with Gasteiger partial charge in [0.25, 0.3) is 5.97 Å². The quantitative estimate of drug-likeness (QED) is 0.704. The standard InChI is InChI=1S/C6H12O2.C6H14.C2H4O2/c1-3-5(4-2)6(7)8;1-3-5-6-4-2;1-2(3)4/h5H,3-4H2,1-2H3,(H,7,8);3-6H2,1-2H3;1H3,(H,3,4). The van der Waals surface area contributed by atoms with Gasteiger partial charge < -0.3 is 10.2 Å². The van der Waals surface area contributed by atoms with E-state index in [0.29, 0.717) is 0 Å². The summed E-state index contributed by atoms with van der Waals surface area (Å²) in [6, 6.07) is 0. The van der Waals surface area contributed by atoms with Crippen LogP contribution in [0.15, 0.2) is 0 Å². The molecule has 0 spiro atoms. The molecule has 4 nitrogen and oxygen atoms in total. The van der Waals surface area contributed by atoms with Crippen LogP contribution in [0.1, 0.15) is 73.1 Å². The highest BCUT2D eigenvalue weighted by Gasteiger charge is 2.10. The van der Waals surface area contributed by atoms with Crippen LogP contribution < -0.4 is 0 Å². The van der Waals surface area contributed by atoms with E-state index in [0.717, 1.165) is 19.8 Å². The molecule has 0 amide bonds. The predicted molar refractivity (Wildman–Crippen MR) is 74.8 cm³/mol. The molecule has 18 heavy (non-hydrogen) atoms. The SMILES string of the molecule is CC(=O)O.CCC(CC)C(=O)O.CCCCCC. The van der Waals surface area contributed by atoms with Gasteiger partial charge in [-0.05, 0) is 12.8 Å². The van der Waals surface area contributed by atoms with E-state index in [1.807, 2.05) is 13.8 Å². The van der Waals surface area contributed by atoms with Gasteiger partial charge in [-0.1, -0.05) is 53.4 Å². The summed E-state index contributed by atoms with van der Waals surface area (Å²) in [5.41, 5.74) is 0. The summed E-state index contributed by atoms with van der Waals surface area (Å²) in [6.07, 6.45) is 7.02. The fourth-order valence-corrected chi connectivity index (χ4v) is 1.14. The zero-order valence-corrected chi connectivity index (χ0v) is 12.5. The normalized spacial score (nSPS) is 8.78. The topological polar surface area (TPSA) is 74.6 Å². The first-order chi connectivity index (χ1) is 8.37.